The molecule has 1 aliphatic carbocycles. The van der Waals surface area contributed by atoms with Crippen LogP contribution in [0.15, 0.2) is 0 Å². The molecule has 0 amide bonds. The Morgan fingerprint density at radius 1 is 1.55 bits per heavy atom. The highest BCUT2D eigenvalue weighted by Gasteiger charge is 2.39. The molecule has 0 aromatic carbocycles. The molecular weight excluding hydrogens is 278 g/mol. The number of halogens is 1. The second-order valence-corrected chi connectivity index (χ2v) is 6.08. The molecule has 1 aromatic heterocycles. The van der Waals surface area contributed by atoms with Crippen molar-refractivity contribution in [3.63, 3.8) is 0 Å². The molecule has 6 heteroatoms. The van der Waals surface area contributed by atoms with Crippen LogP contribution in [0.5, 0.6) is 0 Å². The first-order valence-electron chi connectivity index (χ1n) is 6.93. The first-order chi connectivity index (χ1) is 9.37. The lowest BCUT2D eigenvalue weighted by atomic mass is 9.97. The number of aromatic nitrogens is 2. The Balaban J connectivity index is 2.07. The first-order valence-corrected chi connectivity index (χ1v) is 7.31. The molecule has 0 saturated heterocycles. The van der Waals surface area contributed by atoms with Crippen LogP contribution in [0.2, 0.25) is 5.02 Å². The van der Waals surface area contributed by atoms with Crippen molar-refractivity contribution < 1.29 is 9.53 Å². The van der Waals surface area contributed by atoms with Crippen LogP contribution in [0.1, 0.15) is 37.6 Å². The number of carbonyl (C=O) groups is 1. The van der Waals surface area contributed by atoms with Crippen LogP contribution in [0.4, 0.5) is 0 Å². The zero-order valence-corrected chi connectivity index (χ0v) is 13.3. The molecule has 1 heterocycles. The van der Waals surface area contributed by atoms with E-state index in [-0.39, 0.29) is 5.97 Å². The Morgan fingerprint density at radius 2 is 2.20 bits per heavy atom. The monoisotopic (exact) mass is 299 g/mol. The number of aryl methyl sites for hydroxylation is 2. The molecule has 1 fully saturated rings. The summed E-state index contributed by atoms with van der Waals surface area (Å²) in [6.07, 6.45) is 2.87. The lowest BCUT2D eigenvalue weighted by Crippen LogP contribution is -2.51. The molecule has 5 nitrogen and oxygen atoms in total. The van der Waals surface area contributed by atoms with E-state index in [2.05, 4.69) is 10.4 Å². The maximum Gasteiger partial charge on any atom is 0.325 e. The Labute approximate surface area is 124 Å². The second-order valence-electron chi connectivity index (χ2n) is 5.70. The van der Waals surface area contributed by atoms with Gasteiger partial charge in [-0.25, -0.2) is 0 Å². The van der Waals surface area contributed by atoms with Gasteiger partial charge in [0.2, 0.25) is 0 Å². The fraction of sp³-hybridized carbons (Fsp3) is 0.714. The highest BCUT2D eigenvalue weighted by molar-refractivity contribution is 6.31. The van der Waals surface area contributed by atoms with Crippen molar-refractivity contribution in [2.24, 2.45) is 0 Å². The van der Waals surface area contributed by atoms with Crippen molar-refractivity contribution in [2.45, 2.75) is 58.2 Å². The number of hydrogen-bond acceptors (Lipinski definition) is 4. The molecule has 0 radical (unpaired) electrons. The molecule has 1 aromatic rings. The summed E-state index contributed by atoms with van der Waals surface area (Å²) in [7, 11) is 1.43. The number of nitrogens with zero attached hydrogens (tertiary/aromatic N) is 2. The van der Waals surface area contributed by atoms with Crippen LogP contribution in [0.3, 0.4) is 0 Å². The zero-order chi connectivity index (χ0) is 14.9. The van der Waals surface area contributed by atoms with Gasteiger partial charge in [0.15, 0.2) is 0 Å². The van der Waals surface area contributed by atoms with Crippen molar-refractivity contribution in [3.8, 4) is 0 Å². The minimum Gasteiger partial charge on any atom is -0.468 e. The predicted octanol–water partition coefficient (Wildman–Crippen LogP) is 2.23. The van der Waals surface area contributed by atoms with Gasteiger partial charge in [0, 0.05) is 12.6 Å². The average molecular weight is 300 g/mol. The van der Waals surface area contributed by atoms with Crippen molar-refractivity contribution >= 4 is 17.6 Å². The summed E-state index contributed by atoms with van der Waals surface area (Å²) in [5.74, 6) is -0.225. The molecule has 0 aliphatic heterocycles. The molecule has 112 valence electrons. The van der Waals surface area contributed by atoms with Crippen LogP contribution >= 0.6 is 11.6 Å². The van der Waals surface area contributed by atoms with Crippen molar-refractivity contribution in [2.75, 3.05) is 7.11 Å². The molecule has 1 aliphatic rings. The fourth-order valence-corrected chi connectivity index (χ4v) is 2.49. The summed E-state index contributed by atoms with van der Waals surface area (Å²) >= 11 is 6.14. The minimum atomic E-state index is -0.672. The van der Waals surface area contributed by atoms with Gasteiger partial charge in [-0.3, -0.25) is 14.8 Å². The molecule has 1 N–H and O–H groups in total. The quantitative estimate of drug-likeness (QED) is 0.819. The van der Waals surface area contributed by atoms with E-state index in [0.29, 0.717) is 24.0 Å². The number of nitrogens with one attached hydrogen (secondary N) is 1. The third-order valence-corrected chi connectivity index (χ3v) is 4.40. The number of rotatable bonds is 6. The first kappa shape index (κ1) is 15.3. The third kappa shape index (κ3) is 3.15. The van der Waals surface area contributed by atoms with Crippen molar-refractivity contribution in [1.82, 2.24) is 15.1 Å². The number of hydrogen-bond donors (Lipinski definition) is 1. The van der Waals surface area contributed by atoms with Gasteiger partial charge in [0.1, 0.15) is 5.54 Å². The topological polar surface area (TPSA) is 56.2 Å². The maximum atomic E-state index is 12.0. The number of ether oxygens (including phenoxy) is 1. The lowest BCUT2D eigenvalue weighted by Gasteiger charge is -2.28. The Hall–Kier alpha value is -1.07. The van der Waals surface area contributed by atoms with Gasteiger partial charge < -0.3 is 4.74 Å². The fourth-order valence-electron chi connectivity index (χ4n) is 2.36. The predicted molar refractivity (Wildman–Crippen MR) is 77.9 cm³/mol. The van der Waals surface area contributed by atoms with Crippen LogP contribution in [-0.2, 0) is 16.1 Å². The van der Waals surface area contributed by atoms with Gasteiger partial charge in [-0.2, -0.15) is 5.10 Å². The molecular formula is C14H22ClN3O2. The summed E-state index contributed by atoms with van der Waals surface area (Å²) in [6, 6.07) is 0.433. The second kappa shape index (κ2) is 5.74. The summed E-state index contributed by atoms with van der Waals surface area (Å²) in [6.45, 7) is 6.34. The molecule has 0 bridgehead atoms. The highest BCUT2D eigenvalue weighted by Crippen LogP contribution is 2.26. The van der Waals surface area contributed by atoms with E-state index in [1.54, 1.807) is 0 Å². The largest absolute Gasteiger partial charge is 0.468 e. The van der Waals surface area contributed by atoms with Crippen LogP contribution in [0, 0.1) is 13.8 Å². The van der Waals surface area contributed by atoms with Gasteiger partial charge in [0.25, 0.3) is 0 Å². The Morgan fingerprint density at radius 3 is 2.65 bits per heavy atom. The SMILES string of the molecule is COC(=O)C(C)(CCn1nc(C)c(Cl)c1C)NC1CC1. The molecule has 0 spiro atoms. The Bertz CT molecular complexity index is 511. The average Bonchev–Trinajstić information content (AvgIpc) is 3.19. The number of carbonyl (C=O) groups excluding carboxylic acids is 1. The summed E-state index contributed by atoms with van der Waals surface area (Å²) in [4.78, 5) is 12.0. The number of methoxy groups -OCH3 is 1. The summed E-state index contributed by atoms with van der Waals surface area (Å²) < 4.78 is 6.79. The van der Waals surface area contributed by atoms with Gasteiger partial charge in [-0.05, 0) is 40.0 Å². The molecule has 2 rings (SSSR count). The van der Waals surface area contributed by atoms with E-state index in [0.717, 1.165) is 24.2 Å². The van der Waals surface area contributed by atoms with Crippen LogP contribution in [0.25, 0.3) is 0 Å². The van der Waals surface area contributed by atoms with Crippen LogP contribution < -0.4 is 5.32 Å². The lowest BCUT2D eigenvalue weighted by molar-refractivity contribution is -0.148. The van der Waals surface area contributed by atoms with Crippen molar-refractivity contribution in [3.05, 3.63) is 16.4 Å². The normalized spacial score (nSPS) is 17.9. The molecule has 1 unspecified atom stereocenters. The van der Waals surface area contributed by atoms with Crippen LogP contribution in [-0.4, -0.2) is 34.4 Å². The maximum absolute atomic E-state index is 12.0. The number of esters is 1. The minimum absolute atomic E-state index is 0.225. The summed E-state index contributed by atoms with van der Waals surface area (Å²) in [5, 5.41) is 8.47. The zero-order valence-electron chi connectivity index (χ0n) is 12.5. The standard InChI is InChI=1S/C14H22ClN3O2/c1-9-12(15)10(2)18(17-9)8-7-14(3,13(19)20-4)16-11-5-6-11/h11,16H,5-8H2,1-4H3. The Kier molecular flexibility index (Phi) is 4.39. The highest BCUT2D eigenvalue weighted by atomic mass is 35.5. The van der Waals surface area contributed by atoms with E-state index in [1.165, 1.54) is 7.11 Å². The summed E-state index contributed by atoms with van der Waals surface area (Å²) in [5.41, 5.74) is 1.08. The van der Waals surface area contributed by atoms with E-state index in [4.69, 9.17) is 16.3 Å². The van der Waals surface area contributed by atoms with E-state index in [1.807, 2.05) is 25.5 Å². The smallest absolute Gasteiger partial charge is 0.325 e. The van der Waals surface area contributed by atoms with Gasteiger partial charge in [-0.15, -0.1) is 0 Å². The van der Waals surface area contributed by atoms with Gasteiger partial charge in [-0.1, -0.05) is 11.6 Å². The third-order valence-electron chi connectivity index (χ3n) is 3.85. The molecule has 20 heavy (non-hydrogen) atoms. The van der Waals surface area contributed by atoms with E-state index >= 15 is 0 Å². The molecule has 1 saturated carbocycles. The van der Waals surface area contributed by atoms with Gasteiger partial charge in [0.05, 0.1) is 23.5 Å². The van der Waals surface area contributed by atoms with E-state index in [9.17, 15) is 4.79 Å². The van der Waals surface area contributed by atoms with Gasteiger partial charge >= 0.3 is 5.97 Å². The molecule has 1 atom stereocenters. The van der Waals surface area contributed by atoms with Crippen molar-refractivity contribution in [1.29, 1.82) is 0 Å². The van der Waals surface area contributed by atoms with E-state index < -0.39 is 5.54 Å².